The monoisotopic (exact) mass is 747 g/mol. The van der Waals surface area contributed by atoms with E-state index < -0.39 is 29.1 Å². The predicted octanol–water partition coefficient (Wildman–Crippen LogP) is 7.22. The first-order valence-corrected chi connectivity index (χ1v) is 22.4. The molecule has 10 atom stereocenters. The molecule has 0 aromatic heterocycles. The summed E-state index contributed by atoms with van der Waals surface area (Å²) in [6, 6.07) is 0. The van der Waals surface area contributed by atoms with E-state index in [9.17, 15) is 14.4 Å². The molecule has 10 nitrogen and oxygen atoms in total. The van der Waals surface area contributed by atoms with Crippen LogP contribution in [0.15, 0.2) is 11.1 Å². The maximum atomic E-state index is 13.3. The Morgan fingerprint density at radius 2 is 1.76 bits per heavy atom. The van der Waals surface area contributed by atoms with Crippen molar-refractivity contribution < 1.29 is 42.8 Å². The molecule has 2 spiro atoms. The van der Waals surface area contributed by atoms with Crippen LogP contribution in [0, 0.1) is 17.3 Å². The smallest absolute Gasteiger partial charge is 0.458 e. The predicted molar refractivity (Wildman–Crippen MR) is 194 cm³/mol. The maximum Gasteiger partial charge on any atom is 0.508 e. The summed E-state index contributed by atoms with van der Waals surface area (Å²) in [5.41, 5.74) is -0.351. The average Bonchev–Trinajstić information content (AvgIpc) is 4.05. The summed E-state index contributed by atoms with van der Waals surface area (Å²) in [5, 5.41) is 3.89. The molecule has 284 valence electrons. The van der Waals surface area contributed by atoms with Crippen LogP contribution in [0.3, 0.4) is 0 Å². The first-order chi connectivity index (χ1) is 24.7. The molecule has 0 radical (unpaired) electrons. The highest BCUT2D eigenvalue weighted by atomic mass is 33.1. The van der Waals surface area contributed by atoms with E-state index in [1.165, 1.54) is 31.4 Å². The van der Waals surface area contributed by atoms with Crippen LogP contribution in [-0.2, 0) is 38.0 Å². The molecule has 0 aromatic carbocycles. The first kappa shape index (κ1) is 36.5. The maximum absolute atomic E-state index is 13.3. The molecule has 0 aromatic rings. The molecular weight excluding hydrogens is 691 g/mol. The molecule has 5 aliphatic heterocycles. The van der Waals surface area contributed by atoms with Crippen molar-refractivity contribution in [2.24, 2.45) is 17.3 Å². The van der Waals surface area contributed by atoms with Gasteiger partial charge in [0.15, 0.2) is 11.7 Å². The number of carbonyl (C=O) groups excluding carboxylic acids is 3. The molecule has 8 rings (SSSR count). The topological polar surface area (TPSA) is 129 Å². The van der Waals surface area contributed by atoms with Gasteiger partial charge in [0.1, 0.15) is 30.0 Å². The summed E-state index contributed by atoms with van der Waals surface area (Å²) in [5.74, 6) is 1.54. The van der Waals surface area contributed by atoms with E-state index in [0.717, 1.165) is 87.1 Å². The zero-order valence-electron chi connectivity index (χ0n) is 30.7. The van der Waals surface area contributed by atoms with Gasteiger partial charge in [0.05, 0.1) is 12.7 Å². The molecule has 6 fully saturated rings. The molecule has 51 heavy (non-hydrogen) atoms. The summed E-state index contributed by atoms with van der Waals surface area (Å²) in [4.78, 5) is 37.8. The first-order valence-electron chi connectivity index (χ1n) is 20.0. The van der Waals surface area contributed by atoms with Gasteiger partial charge in [-0.2, -0.15) is 0 Å². The minimum atomic E-state index is -0.765. The normalized spacial score (nSPS) is 40.7. The number of hydrogen-bond donors (Lipinski definition) is 1. The van der Waals surface area contributed by atoms with Gasteiger partial charge in [0, 0.05) is 35.0 Å². The van der Waals surface area contributed by atoms with E-state index in [2.05, 4.69) is 26.1 Å². The lowest BCUT2D eigenvalue weighted by Crippen LogP contribution is -2.70. The van der Waals surface area contributed by atoms with Gasteiger partial charge < -0.3 is 33.7 Å². The Balaban J connectivity index is 0.732. The lowest BCUT2D eigenvalue weighted by molar-refractivity contribution is -0.136. The lowest BCUT2D eigenvalue weighted by Gasteiger charge is -2.53. The number of cyclic esters (lactones) is 1. The fourth-order valence-corrected chi connectivity index (χ4v) is 14.0. The standard InChI is InChI=1S/C39H57NO9S2/c1-24(2)37-31(48-37)32-39(49-32)36(3)18-16-26-27(23-45-33(26)42)28(36)22-29-38(39,47-29)34(37)46-35(43)44-20-13-9-7-5-4-6-8-12-19-40-30(41)15-11-10-14-25-17-21-50-51-25/h24-25,28-29,31-32,34H,4-23H2,1-3H3,(H,40,41). The summed E-state index contributed by atoms with van der Waals surface area (Å²) in [6.07, 6.45) is 14.6. The number of unbranched alkanes of at least 4 members (excludes halogenated alkanes) is 8. The largest absolute Gasteiger partial charge is 0.508 e. The number of ether oxygens (including phenoxy) is 6. The Morgan fingerprint density at radius 1 is 0.980 bits per heavy atom. The van der Waals surface area contributed by atoms with Crippen LogP contribution in [0.2, 0.25) is 0 Å². The highest BCUT2D eigenvalue weighted by molar-refractivity contribution is 8.77. The number of amides is 1. The molecule has 5 heterocycles. The van der Waals surface area contributed by atoms with Gasteiger partial charge in [-0.05, 0) is 68.8 Å². The van der Waals surface area contributed by atoms with Crippen LogP contribution in [0.1, 0.15) is 124 Å². The highest BCUT2D eigenvalue weighted by Gasteiger charge is 3.01. The van der Waals surface area contributed by atoms with Gasteiger partial charge in [-0.3, -0.25) is 4.79 Å². The Morgan fingerprint density at radius 3 is 2.53 bits per heavy atom. The Hall–Kier alpha value is -1.47. The van der Waals surface area contributed by atoms with Crippen molar-refractivity contribution in [2.75, 3.05) is 25.5 Å². The molecule has 4 saturated heterocycles. The van der Waals surface area contributed by atoms with E-state index in [1.54, 1.807) is 0 Å². The zero-order valence-corrected chi connectivity index (χ0v) is 32.3. The number of nitrogens with one attached hydrogen (secondary N) is 1. The summed E-state index contributed by atoms with van der Waals surface area (Å²) >= 11 is 0. The fourth-order valence-electron chi connectivity index (χ4n) is 11.0. The number of carbonyl (C=O) groups is 3. The number of esters is 1. The lowest BCUT2D eigenvalue weighted by atomic mass is 9.46. The molecule has 3 aliphatic carbocycles. The molecule has 1 N–H and O–H groups in total. The van der Waals surface area contributed by atoms with Crippen LogP contribution >= 0.6 is 21.6 Å². The number of epoxide rings is 3. The van der Waals surface area contributed by atoms with Crippen LogP contribution < -0.4 is 5.32 Å². The van der Waals surface area contributed by atoms with E-state index in [-0.39, 0.29) is 47.4 Å². The summed E-state index contributed by atoms with van der Waals surface area (Å²) < 4.78 is 37.4. The van der Waals surface area contributed by atoms with Gasteiger partial charge in [0.2, 0.25) is 5.91 Å². The number of fused-ring (bicyclic) bond motifs is 4. The minimum absolute atomic E-state index is 0.104. The van der Waals surface area contributed by atoms with Crippen molar-refractivity contribution in [2.45, 2.75) is 170 Å². The third kappa shape index (κ3) is 6.07. The van der Waals surface area contributed by atoms with Gasteiger partial charge in [-0.15, -0.1) is 0 Å². The Labute approximate surface area is 310 Å². The quantitative estimate of drug-likeness (QED) is 0.0661. The van der Waals surface area contributed by atoms with E-state index in [1.807, 2.05) is 21.6 Å². The highest BCUT2D eigenvalue weighted by Crippen LogP contribution is 2.83. The Bertz CT molecular complexity index is 1400. The van der Waals surface area contributed by atoms with Crippen molar-refractivity contribution in [1.82, 2.24) is 5.32 Å². The van der Waals surface area contributed by atoms with Gasteiger partial charge >= 0.3 is 12.1 Å². The van der Waals surface area contributed by atoms with E-state index >= 15 is 0 Å². The van der Waals surface area contributed by atoms with Gasteiger partial charge in [-0.25, -0.2) is 9.59 Å². The SMILES string of the molecule is CC(C)C12OC1C1OC13C1(C)CCC4=C(COC4=O)C1CC1OC13C2OC(=O)OCCCCCCCCCCNC(=O)CCCCC1CCSS1. The average molecular weight is 748 g/mol. The molecule has 8 aliphatic rings. The second kappa shape index (κ2) is 14.3. The molecular formula is C39H57NO9S2. The zero-order chi connectivity index (χ0) is 35.4. The van der Waals surface area contributed by atoms with E-state index in [0.29, 0.717) is 26.1 Å². The van der Waals surface area contributed by atoms with Crippen LogP contribution in [0.4, 0.5) is 4.79 Å². The van der Waals surface area contributed by atoms with Crippen molar-refractivity contribution in [3.05, 3.63) is 11.1 Å². The minimum Gasteiger partial charge on any atom is -0.458 e. The van der Waals surface area contributed by atoms with E-state index in [4.69, 9.17) is 28.4 Å². The number of hydrogen-bond acceptors (Lipinski definition) is 11. The van der Waals surface area contributed by atoms with Crippen molar-refractivity contribution >= 4 is 39.6 Å². The summed E-state index contributed by atoms with van der Waals surface area (Å²) in [7, 11) is 4.01. The Kier molecular flexibility index (Phi) is 10.2. The van der Waals surface area contributed by atoms with Gasteiger partial charge in [-0.1, -0.05) is 87.3 Å². The van der Waals surface area contributed by atoms with Crippen molar-refractivity contribution in [3.63, 3.8) is 0 Å². The summed E-state index contributed by atoms with van der Waals surface area (Å²) in [6.45, 7) is 7.99. The fraction of sp³-hybridized carbons (Fsp3) is 0.872. The van der Waals surface area contributed by atoms with Gasteiger partial charge in [0.25, 0.3) is 0 Å². The molecule has 1 amide bonds. The third-order valence-corrected chi connectivity index (χ3v) is 16.8. The molecule has 12 heteroatoms. The van der Waals surface area contributed by atoms with Crippen LogP contribution in [-0.4, -0.2) is 90.0 Å². The molecule has 2 saturated carbocycles. The second-order valence-corrected chi connectivity index (χ2v) is 19.6. The van der Waals surface area contributed by atoms with Crippen LogP contribution in [0.5, 0.6) is 0 Å². The third-order valence-electron chi connectivity index (χ3n) is 13.8. The van der Waals surface area contributed by atoms with Crippen molar-refractivity contribution in [3.8, 4) is 0 Å². The van der Waals surface area contributed by atoms with Crippen molar-refractivity contribution in [1.29, 1.82) is 0 Å². The number of rotatable bonds is 18. The molecule has 10 unspecified atom stereocenters. The molecule has 0 bridgehead atoms. The van der Waals surface area contributed by atoms with Crippen LogP contribution in [0.25, 0.3) is 0 Å². The second-order valence-electron chi connectivity index (χ2n) is 16.9.